The maximum Gasteiger partial charge on any atom is 0.292 e. The zero-order chi connectivity index (χ0) is 14.5. The number of nitro benzene ring substituents is 1. The highest BCUT2D eigenvalue weighted by Crippen LogP contribution is 2.27. The minimum Gasteiger partial charge on any atom is -0.379 e. The summed E-state index contributed by atoms with van der Waals surface area (Å²) in [5.74, 6) is -0.267. The van der Waals surface area contributed by atoms with Crippen LogP contribution in [-0.4, -0.2) is 11.5 Å². The molecule has 0 unspecified atom stereocenters. The van der Waals surface area contributed by atoms with Gasteiger partial charge in [-0.2, -0.15) is 0 Å². The number of nitrogens with one attached hydrogen (secondary N) is 1. The van der Waals surface area contributed by atoms with Gasteiger partial charge in [-0.15, -0.1) is 0 Å². The average Bonchev–Trinajstić information content (AvgIpc) is 2.42. The summed E-state index contributed by atoms with van der Waals surface area (Å²) >= 11 is 0. The Morgan fingerprint density at radius 2 is 1.90 bits per heavy atom. The highest BCUT2D eigenvalue weighted by Gasteiger charge is 2.14. The topological polar surface area (TPSA) is 55.2 Å². The zero-order valence-corrected chi connectivity index (χ0v) is 11.1. The molecule has 0 saturated heterocycles. The van der Waals surface area contributed by atoms with Crippen LogP contribution in [0, 0.1) is 22.9 Å². The second kappa shape index (κ2) is 6.14. The standard InChI is InChI=1S/C15H15FN2O2/c1-11-3-2-4-14(18(19)20)15(11)17-10-9-12-5-7-13(16)8-6-12/h2-8,17H,9-10H2,1H3. The van der Waals surface area contributed by atoms with E-state index in [-0.39, 0.29) is 11.5 Å². The Bertz CT molecular complexity index is 612. The van der Waals surface area contributed by atoms with Gasteiger partial charge in [0.1, 0.15) is 11.5 Å². The number of hydrogen-bond acceptors (Lipinski definition) is 3. The molecule has 20 heavy (non-hydrogen) atoms. The van der Waals surface area contributed by atoms with Crippen LogP contribution in [0.3, 0.4) is 0 Å². The van der Waals surface area contributed by atoms with E-state index in [4.69, 9.17) is 0 Å². The summed E-state index contributed by atoms with van der Waals surface area (Å²) in [4.78, 5) is 10.6. The molecule has 0 aromatic heterocycles. The largest absolute Gasteiger partial charge is 0.379 e. The molecule has 0 aliphatic heterocycles. The Hall–Kier alpha value is -2.43. The van der Waals surface area contributed by atoms with E-state index in [1.807, 2.05) is 13.0 Å². The smallest absolute Gasteiger partial charge is 0.292 e. The molecule has 0 aliphatic rings. The Labute approximate surface area is 116 Å². The molecule has 0 aliphatic carbocycles. The minimum absolute atomic E-state index is 0.0732. The van der Waals surface area contributed by atoms with Crippen LogP contribution in [0.5, 0.6) is 0 Å². The molecule has 2 aromatic carbocycles. The van der Waals surface area contributed by atoms with E-state index < -0.39 is 4.92 Å². The molecule has 0 amide bonds. The van der Waals surface area contributed by atoms with Gasteiger partial charge in [0.05, 0.1) is 4.92 Å². The summed E-state index contributed by atoms with van der Waals surface area (Å²) in [6.45, 7) is 2.38. The average molecular weight is 274 g/mol. The summed E-state index contributed by atoms with van der Waals surface area (Å²) in [6.07, 6.45) is 0.672. The van der Waals surface area contributed by atoms with Crippen LogP contribution in [0.2, 0.25) is 0 Å². The van der Waals surface area contributed by atoms with E-state index >= 15 is 0 Å². The van der Waals surface area contributed by atoms with Gasteiger partial charge in [0.2, 0.25) is 0 Å². The van der Waals surface area contributed by atoms with Crippen molar-refractivity contribution >= 4 is 11.4 Å². The van der Waals surface area contributed by atoms with Gasteiger partial charge in [-0.3, -0.25) is 10.1 Å². The van der Waals surface area contributed by atoms with Crippen molar-refractivity contribution in [2.75, 3.05) is 11.9 Å². The van der Waals surface area contributed by atoms with Gasteiger partial charge in [-0.1, -0.05) is 24.3 Å². The normalized spacial score (nSPS) is 10.3. The summed E-state index contributed by atoms with van der Waals surface area (Å²) in [7, 11) is 0. The lowest BCUT2D eigenvalue weighted by atomic mass is 10.1. The number of hydrogen-bond donors (Lipinski definition) is 1. The number of para-hydroxylation sites is 1. The number of halogens is 1. The molecule has 0 bridgehead atoms. The molecule has 2 aromatic rings. The van der Waals surface area contributed by atoms with E-state index in [0.29, 0.717) is 18.7 Å². The third kappa shape index (κ3) is 3.32. The first-order chi connectivity index (χ1) is 9.58. The van der Waals surface area contributed by atoms with E-state index in [2.05, 4.69) is 5.32 Å². The molecular weight excluding hydrogens is 259 g/mol. The van der Waals surface area contributed by atoms with Gasteiger partial charge in [-0.25, -0.2) is 4.39 Å². The lowest BCUT2D eigenvalue weighted by molar-refractivity contribution is -0.384. The Kier molecular flexibility index (Phi) is 4.30. The summed E-state index contributed by atoms with van der Waals surface area (Å²) < 4.78 is 12.8. The lowest BCUT2D eigenvalue weighted by Gasteiger charge is -2.10. The summed E-state index contributed by atoms with van der Waals surface area (Å²) in [5, 5.41) is 14.1. The van der Waals surface area contributed by atoms with E-state index in [0.717, 1.165) is 11.1 Å². The van der Waals surface area contributed by atoms with Crippen LogP contribution >= 0.6 is 0 Å². The number of rotatable bonds is 5. The zero-order valence-electron chi connectivity index (χ0n) is 11.1. The van der Waals surface area contributed by atoms with Gasteiger partial charge in [0.25, 0.3) is 5.69 Å². The second-order valence-electron chi connectivity index (χ2n) is 4.53. The SMILES string of the molecule is Cc1cccc([N+](=O)[O-])c1NCCc1ccc(F)cc1. The third-order valence-corrected chi connectivity index (χ3v) is 3.08. The highest BCUT2D eigenvalue weighted by molar-refractivity contribution is 5.65. The molecule has 0 saturated carbocycles. The number of aryl methyl sites for hydroxylation is 1. The molecule has 4 nitrogen and oxygen atoms in total. The van der Waals surface area contributed by atoms with Crippen LogP contribution in [0.4, 0.5) is 15.8 Å². The van der Waals surface area contributed by atoms with E-state index in [1.54, 1.807) is 18.2 Å². The van der Waals surface area contributed by atoms with Crippen molar-refractivity contribution in [3.05, 3.63) is 69.5 Å². The predicted molar refractivity (Wildman–Crippen MR) is 76.4 cm³/mol. The lowest BCUT2D eigenvalue weighted by Crippen LogP contribution is -2.08. The first kappa shape index (κ1) is 14.0. The van der Waals surface area contributed by atoms with Crippen LogP contribution in [0.1, 0.15) is 11.1 Å². The van der Waals surface area contributed by atoms with Gasteiger partial charge in [0, 0.05) is 12.6 Å². The molecule has 0 radical (unpaired) electrons. The number of nitrogens with zero attached hydrogens (tertiary/aromatic N) is 1. The van der Waals surface area contributed by atoms with Crippen LogP contribution in [0.15, 0.2) is 42.5 Å². The van der Waals surface area contributed by atoms with Crippen molar-refractivity contribution in [1.82, 2.24) is 0 Å². The van der Waals surface area contributed by atoms with Crippen molar-refractivity contribution in [3.8, 4) is 0 Å². The van der Waals surface area contributed by atoms with Gasteiger partial charge >= 0.3 is 0 Å². The Balaban J connectivity index is 2.04. The minimum atomic E-state index is -0.396. The Morgan fingerprint density at radius 3 is 2.55 bits per heavy atom. The van der Waals surface area contributed by atoms with Crippen LogP contribution in [0.25, 0.3) is 0 Å². The van der Waals surface area contributed by atoms with Crippen molar-refractivity contribution in [3.63, 3.8) is 0 Å². The van der Waals surface area contributed by atoms with Crippen molar-refractivity contribution in [1.29, 1.82) is 0 Å². The molecule has 0 heterocycles. The first-order valence-electron chi connectivity index (χ1n) is 6.30. The molecule has 1 N–H and O–H groups in total. The highest BCUT2D eigenvalue weighted by atomic mass is 19.1. The third-order valence-electron chi connectivity index (χ3n) is 3.08. The van der Waals surface area contributed by atoms with Crippen molar-refractivity contribution < 1.29 is 9.31 Å². The molecule has 2 rings (SSSR count). The number of benzene rings is 2. The van der Waals surface area contributed by atoms with Gasteiger partial charge in [0.15, 0.2) is 0 Å². The second-order valence-corrected chi connectivity index (χ2v) is 4.53. The molecule has 104 valence electrons. The number of nitro groups is 1. The molecule has 0 atom stereocenters. The maximum atomic E-state index is 12.8. The Morgan fingerprint density at radius 1 is 1.20 bits per heavy atom. The molecule has 0 spiro atoms. The van der Waals surface area contributed by atoms with Gasteiger partial charge < -0.3 is 5.32 Å². The molecule has 5 heteroatoms. The maximum absolute atomic E-state index is 12.8. The van der Waals surface area contributed by atoms with Gasteiger partial charge in [-0.05, 0) is 36.6 Å². The van der Waals surface area contributed by atoms with Crippen molar-refractivity contribution in [2.45, 2.75) is 13.3 Å². The van der Waals surface area contributed by atoms with Crippen molar-refractivity contribution in [2.24, 2.45) is 0 Å². The van der Waals surface area contributed by atoms with Crippen LogP contribution < -0.4 is 5.32 Å². The van der Waals surface area contributed by atoms with E-state index in [9.17, 15) is 14.5 Å². The summed E-state index contributed by atoms with van der Waals surface area (Å²) in [5.41, 5.74) is 2.43. The van der Waals surface area contributed by atoms with E-state index in [1.165, 1.54) is 18.2 Å². The fourth-order valence-corrected chi connectivity index (χ4v) is 2.02. The molecular formula is C15H15FN2O2. The fourth-order valence-electron chi connectivity index (χ4n) is 2.02. The predicted octanol–water partition coefficient (Wildman–Crippen LogP) is 3.70. The monoisotopic (exact) mass is 274 g/mol. The summed E-state index contributed by atoms with van der Waals surface area (Å²) in [6, 6.07) is 11.2. The molecule has 0 fully saturated rings. The number of anilines is 1. The van der Waals surface area contributed by atoms with Crippen LogP contribution in [-0.2, 0) is 6.42 Å². The quantitative estimate of drug-likeness (QED) is 0.668. The first-order valence-corrected chi connectivity index (χ1v) is 6.30. The fraction of sp³-hybridized carbons (Fsp3) is 0.200.